The number of rotatable bonds is 8. The molecular formula is C29H32FN5O2S2. The monoisotopic (exact) mass is 565 g/mol. The first kappa shape index (κ1) is 27.3. The lowest BCUT2D eigenvalue weighted by atomic mass is 10.2. The Bertz CT molecular complexity index is 1500. The van der Waals surface area contributed by atoms with Crippen molar-refractivity contribution in [2.45, 2.75) is 39.5 Å². The Morgan fingerprint density at radius 3 is 2.51 bits per heavy atom. The van der Waals surface area contributed by atoms with Gasteiger partial charge in [-0.05, 0) is 43.2 Å². The molecule has 0 aliphatic carbocycles. The quantitative estimate of drug-likeness (QED) is 0.210. The van der Waals surface area contributed by atoms with Crippen molar-refractivity contribution < 1.29 is 9.18 Å². The number of thiocarbonyl (C=S) groups is 1. The van der Waals surface area contributed by atoms with Crippen LogP contribution in [0.4, 0.5) is 15.9 Å². The molecule has 1 amide bonds. The molecule has 0 spiro atoms. The van der Waals surface area contributed by atoms with Crippen LogP contribution >= 0.6 is 24.0 Å². The molecule has 2 aliphatic rings. The van der Waals surface area contributed by atoms with E-state index in [1.807, 2.05) is 30.0 Å². The highest BCUT2D eigenvalue weighted by atomic mass is 32.2. The fourth-order valence-electron chi connectivity index (χ4n) is 5.00. The van der Waals surface area contributed by atoms with Gasteiger partial charge in [0, 0.05) is 38.9 Å². The van der Waals surface area contributed by atoms with Crippen LogP contribution in [0, 0.1) is 12.7 Å². The van der Waals surface area contributed by atoms with Gasteiger partial charge in [-0.2, -0.15) is 0 Å². The maximum atomic E-state index is 14.4. The first-order valence-corrected chi connectivity index (χ1v) is 14.6. The number of thioether (sulfide) groups is 1. The predicted molar refractivity (Wildman–Crippen MR) is 161 cm³/mol. The van der Waals surface area contributed by atoms with Gasteiger partial charge in [0.1, 0.15) is 21.6 Å². The third-order valence-corrected chi connectivity index (χ3v) is 8.52. The minimum atomic E-state index is -0.249. The van der Waals surface area contributed by atoms with Crippen LogP contribution in [0.2, 0.25) is 0 Å². The molecule has 0 radical (unpaired) electrons. The van der Waals surface area contributed by atoms with Crippen LogP contribution in [0.1, 0.15) is 43.7 Å². The number of unbranched alkanes of at least 4 members (excludes halogenated alkanes) is 3. The van der Waals surface area contributed by atoms with Crippen LogP contribution in [-0.4, -0.2) is 57.2 Å². The number of fused-ring (bicyclic) bond motifs is 1. The molecule has 1 aromatic carbocycles. The number of benzene rings is 1. The Kier molecular flexibility index (Phi) is 8.32. The Labute approximate surface area is 237 Å². The minimum absolute atomic E-state index is 0.162. The summed E-state index contributed by atoms with van der Waals surface area (Å²) < 4.78 is 16.4. The van der Waals surface area contributed by atoms with Crippen molar-refractivity contribution in [3.8, 4) is 0 Å². The maximum absolute atomic E-state index is 14.4. The number of carbonyl (C=O) groups excluding carboxylic acids is 1. The molecule has 2 aromatic heterocycles. The van der Waals surface area contributed by atoms with E-state index < -0.39 is 0 Å². The second-order valence-corrected chi connectivity index (χ2v) is 11.6. The van der Waals surface area contributed by atoms with E-state index in [1.54, 1.807) is 29.3 Å². The molecule has 0 N–H and O–H groups in total. The summed E-state index contributed by atoms with van der Waals surface area (Å²) in [5.74, 6) is 0.122. The van der Waals surface area contributed by atoms with Crippen molar-refractivity contribution >= 4 is 57.4 Å². The summed E-state index contributed by atoms with van der Waals surface area (Å²) in [5, 5.41) is 0. The number of nitrogens with zero attached hydrogens (tertiary/aromatic N) is 5. The molecule has 0 bridgehead atoms. The van der Waals surface area contributed by atoms with E-state index in [9.17, 15) is 14.0 Å². The number of aryl methyl sites for hydroxylation is 1. The van der Waals surface area contributed by atoms with Crippen LogP contribution < -0.4 is 15.4 Å². The van der Waals surface area contributed by atoms with E-state index in [0.29, 0.717) is 64.7 Å². The lowest BCUT2D eigenvalue weighted by Gasteiger charge is -2.37. The van der Waals surface area contributed by atoms with Crippen LogP contribution in [0.3, 0.4) is 0 Å². The van der Waals surface area contributed by atoms with E-state index in [4.69, 9.17) is 17.2 Å². The molecule has 5 rings (SSSR count). The normalized spacial score (nSPS) is 17.2. The standard InChI is InChI=1S/C29H32FN5O2S2/c1-3-4-5-8-13-34-28(37)24(39-29(34)38)18-21-26(31-25-12-11-20(2)19-35(25)27(21)36)33-16-14-32(15-17-33)23-10-7-6-9-22(23)30/h6-7,9-12,18-19H,3-5,8,13-17H2,1-2H3. The molecule has 2 aliphatic heterocycles. The second kappa shape index (κ2) is 11.9. The van der Waals surface area contributed by atoms with Gasteiger partial charge in [0.15, 0.2) is 0 Å². The SMILES string of the molecule is CCCCCCN1C(=O)C(=Cc2c(N3CCN(c4ccccc4F)CC3)nc3ccc(C)cn3c2=O)SC1=S. The van der Waals surface area contributed by atoms with Gasteiger partial charge in [0.25, 0.3) is 11.5 Å². The highest BCUT2D eigenvalue weighted by Gasteiger charge is 2.33. The first-order valence-electron chi connectivity index (χ1n) is 13.4. The van der Waals surface area contributed by atoms with E-state index >= 15 is 0 Å². The minimum Gasteiger partial charge on any atom is -0.366 e. The summed E-state index contributed by atoms with van der Waals surface area (Å²) in [4.78, 5) is 38.1. The number of para-hydroxylation sites is 1. The van der Waals surface area contributed by atoms with Crippen molar-refractivity contribution in [3.05, 3.63) is 74.8 Å². The lowest BCUT2D eigenvalue weighted by Crippen LogP contribution is -2.47. The largest absolute Gasteiger partial charge is 0.366 e. The molecule has 0 saturated carbocycles. The molecule has 0 atom stereocenters. The highest BCUT2D eigenvalue weighted by molar-refractivity contribution is 8.26. The summed E-state index contributed by atoms with van der Waals surface area (Å²) in [5.41, 5.74) is 2.18. The smallest absolute Gasteiger partial charge is 0.267 e. The van der Waals surface area contributed by atoms with E-state index in [2.05, 4.69) is 11.8 Å². The highest BCUT2D eigenvalue weighted by Crippen LogP contribution is 2.34. The van der Waals surface area contributed by atoms with Gasteiger partial charge in [0.2, 0.25) is 0 Å². The zero-order valence-corrected chi connectivity index (χ0v) is 23.9. The van der Waals surface area contributed by atoms with Crippen LogP contribution in [0.5, 0.6) is 0 Å². The summed E-state index contributed by atoms with van der Waals surface area (Å²) in [6.07, 6.45) is 7.61. The topological polar surface area (TPSA) is 61.2 Å². The Morgan fingerprint density at radius 1 is 1.03 bits per heavy atom. The number of halogens is 1. The predicted octanol–water partition coefficient (Wildman–Crippen LogP) is 5.25. The van der Waals surface area contributed by atoms with Crippen molar-refractivity contribution in [2.24, 2.45) is 0 Å². The molecule has 2 fully saturated rings. The van der Waals surface area contributed by atoms with Crippen LogP contribution in [-0.2, 0) is 4.79 Å². The molecular weight excluding hydrogens is 533 g/mol. The molecule has 10 heteroatoms. The molecule has 204 valence electrons. The fourth-order valence-corrected chi connectivity index (χ4v) is 6.29. The average Bonchev–Trinajstić information content (AvgIpc) is 3.20. The van der Waals surface area contributed by atoms with Crippen molar-refractivity contribution in [1.82, 2.24) is 14.3 Å². The van der Waals surface area contributed by atoms with E-state index in [0.717, 1.165) is 31.2 Å². The Balaban J connectivity index is 1.47. The van der Waals surface area contributed by atoms with Gasteiger partial charge < -0.3 is 9.80 Å². The zero-order valence-electron chi connectivity index (χ0n) is 22.2. The number of aromatic nitrogens is 2. The third-order valence-electron chi connectivity index (χ3n) is 7.14. The molecule has 39 heavy (non-hydrogen) atoms. The number of anilines is 2. The molecule has 4 heterocycles. The summed E-state index contributed by atoms with van der Waals surface area (Å²) in [6, 6.07) is 10.5. The van der Waals surface area contributed by atoms with Gasteiger partial charge in [-0.15, -0.1) is 0 Å². The third kappa shape index (κ3) is 5.72. The van der Waals surface area contributed by atoms with E-state index in [-0.39, 0.29) is 17.3 Å². The van der Waals surface area contributed by atoms with Gasteiger partial charge in [-0.3, -0.25) is 18.9 Å². The Hall–Kier alpha value is -3.24. The number of piperazine rings is 1. The molecule has 0 unspecified atom stereocenters. The van der Waals surface area contributed by atoms with Gasteiger partial charge >= 0.3 is 0 Å². The number of pyridine rings is 1. The number of hydrogen-bond donors (Lipinski definition) is 0. The average molecular weight is 566 g/mol. The molecule has 2 saturated heterocycles. The summed E-state index contributed by atoms with van der Waals surface area (Å²) in [6.45, 7) is 6.93. The van der Waals surface area contributed by atoms with Crippen molar-refractivity contribution in [3.63, 3.8) is 0 Å². The number of carbonyl (C=O) groups is 1. The second-order valence-electron chi connectivity index (χ2n) is 9.91. The van der Waals surface area contributed by atoms with E-state index in [1.165, 1.54) is 22.2 Å². The van der Waals surface area contributed by atoms with Gasteiger partial charge in [-0.25, -0.2) is 9.37 Å². The summed E-state index contributed by atoms with van der Waals surface area (Å²) in [7, 11) is 0. The van der Waals surface area contributed by atoms with Crippen LogP contribution in [0.25, 0.3) is 11.7 Å². The maximum Gasteiger partial charge on any atom is 0.267 e. The fraction of sp³-hybridized carbons (Fsp3) is 0.379. The summed E-state index contributed by atoms with van der Waals surface area (Å²) >= 11 is 6.76. The van der Waals surface area contributed by atoms with Crippen LogP contribution in [0.15, 0.2) is 52.3 Å². The lowest BCUT2D eigenvalue weighted by molar-refractivity contribution is -0.122. The van der Waals surface area contributed by atoms with Gasteiger partial charge in [0.05, 0.1) is 16.2 Å². The number of amides is 1. The number of hydrogen-bond acceptors (Lipinski definition) is 7. The molecule has 3 aromatic rings. The first-order chi connectivity index (χ1) is 18.9. The van der Waals surface area contributed by atoms with Crippen molar-refractivity contribution in [1.29, 1.82) is 0 Å². The Morgan fingerprint density at radius 2 is 1.77 bits per heavy atom. The van der Waals surface area contributed by atoms with Gasteiger partial charge in [-0.1, -0.05) is 68.4 Å². The van der Waals surface area contributed by atoms with Crippen molar-refractivity contribution in [2.75, 3.05) is 42.5 Å². The zero-order chi connectivity index (χ0) is 27.5. The molecule has 7 nitrogen and oxygen atoms in total.